The molecule has 1 fully saturated rings. The average Bonchev–Trinajstić information content (AvgIpc) is 2.87. The van der Waals surface area contributed by atoms with Crippen LogP contribution in [0.3, 0.4) is 0 Å². The molecule has 2 aromatic rings. The molecule has 1 atom stereocenters. The molecular formula is C13H16N4O2. The van der Waals surface area contributed by atoms with Gasteiger partial charge in [0, 0.05) is 19.3 Å². The number of pyridine rings is 1. The molecule has 0 unspecified atom stereocenters. The lowest BCUT2D eigenvalue weighted by Crippen LogP contribution is -2.39. The third-order valence-corrected chi connectivity index (χ3v) is 3.16. The lowest BCUT2D eigenvalue weighted by molar-refractivity contribution is -0.0246. The highest BCUT2D eigenvalue weighted by Gasteiger charge is 2.29. The van der Waals surface area contributed by atoms with Crippen molar-refractivity contribution in [2.24, 2.45) is 0 Å². The molecule has 0 aliphatic carbocycles. The van der Waals surface area contributed by atoms with Gasteiger partial charge in [0.1, 0.15) is 6.04 Å². The third-order valence-electron chi connectivity index (χ3n) is 3.16. The van der Waals surface area contributed by atoms with Crippen LogP contribution in [-0.2, 0) is 11.3 Å². The number of aryl methyl sites for hydroxylation is 1. The number of hydrogen-bond donors (Lipinski definition) is 0. The van der Waals surface area contributed by atoms with Gasteiger partial charge in [0.2, 0.25) is 5.89 Å². The summed E-state index contributed by atoms with van der Waals surface area (Å²) in [5.41, 5.74) is 1.03. The Morgan fingerprint density at radius 1 is 1.42 bits per heavy atom. The fourth-order valence-corrected chi connectivity index (χ4v) is 2.20. The van der Waals surface area contributed by atoms with Crippen LogP contribution >= 0.6 is 0 Å². The van der Waals surface area contributed by atoms with Gasteiger partial charge in [-0.05, 0) is 19.1 Å². The molecule has 0 radical (unpaired) electrons. The number of hydrogen-bond acceptors (Lipinski definition) is 6. The van der Waals surface area contributed by atoms with Crippen LogP contribution in [0.2, 0.25) is 0 Å². The normalized spacial score (nSPS) is 20.6. The van der Waals surface area contributed by atoms with Gasteiger partial charge in [-0.2, -0.15) is 4.98 Å². The van der Waals surface area contributed by atoms with Gasteiger partial charge < -0.3 is 9.26 Å². The number of rotatable bonds is 3. The molecule has 100 valence electrons. The largest absolute Gasteiger partial charge is 0.378 e. The molecule has 0 bridgehead atoms. The Bertz CT molecular complexity index is 528. The van der Waals surface area contributed by atoms with Crippen molar-refractivity contribution in [1.29, 1.82) is 0 Å². The molecule has 0 saturated carbocycles. The molecule has 1 aliphatic heterocycles. The summed E-state index contributed by atoms with van der Waals surface area (Å²) in [4.78, 5) is 10.9. The zero-order valence-corrected chi connectivity index (χ0v) is 10.8. The van der Waals surface area contributed by atoms with Gasteiger partial charge in [-0.1, -0.05) is 11.2 Å². The fourth-order valence-electron chi connectivity index (χ4n) is 2.20. The smallest absolute Gasteiger partial charge is 0.246 e. The van der Waals surface area contributed by atoms with Crippen LogP contribution in [0.4, 0.5) is 0 Å². The number of nitrogens with zero attached hydrogens (tertiary/aromatic N) is 4. The Hall–Kier alpha value is -1.79. The van der Waals surface area contributed by atoms with E-state index in [0.717, 1.165) is 25.4 Å². The number of morpholine rings is 1. The van der Waals surface area contributed by atoms with Crippen LogP contribution in [0.25, 0.3) is 0 Å². The molecule has 2 aromatic heterocycles. The second-order valence-corrected chi connectivity index (χ2v) is 4.56. The standard InChI is InChI=1S/C13H16N4O2/c1-10-15-13(19-16-10)12-9-18-7-6-17(12)8-11-4-2-3-5-14-11/h2-5,12H,6-9H2,1H3/t12-/m0/s1. The Morgan fingerprint density at radius 2 is 2.37 bits per heavy atom. The van der Waals surface area contributed by atoms with E-state index in [1.165, 1.54) is 0 Å². The van der Waals surface area contributed by atoms with Gasteiger partial charge in [-0.3, -0.25) is 9.88 Å². The van der Waals surface area contributed by atoms with Crippen molar-refractivity contribution in [2.45, 2.75) is 19.5 Å². The van der Waals surface area contributed by atoms with E-state index in [-0.39, 0.29) is 6.04 Å². The van der Waals surface area contributed by atoms with Crippen LogP contribution < -0.4 is 0 Å². The van der Waals surface area contributed by atoms with Crippen molar-refractivity contribution < 1.29 is 9.26 Å². The van der Waals surface area contributed by atoms with E-state index < -0.39 is 0 Å². The van der Waals surface area contributed by atoms with Crippen molar-refractivity contribution in [2.75, 3.05) is 19.8 Å². The Morgan fingerprint density at radius 3 is 3.11 bits per heavy atom. The quantitative estimate of drug-likeness (QED) is 0.830. The minimum atomic E-state index is 0.0111. The van der Waals surface area contributed by atoms with E-state index in [0.29, 0.717) is 18.3 Å². The summed E-state index contributed by atoms with van der Waals surface area (Å²) in [6.07, 6.45) is 1.81. The molecule has 0 N–H and O–H groups in total. The lowest BCUT2D eigenvalue weighted by atomic mass is 10.2. The Kier molecular flexibility index (Phi) is 3.52. The molecule has 6 nitrogen and oxygen atoms in total. The van der Waals surface area contributed by atoms with Crippen LogP contribution in [0.5, 0.6) is 0 Å². The topological polar surface area (TPSA) is 64.3 Å². The average molecular weight is 260 g/mol. The molecular weight excluding hydrogens is 244 g/mol. The summed E-state index contributed by atoms with van der Waals surface area (Å²) in [5, 5.41) is 3.85. The predicted octanol–water partition coefficient (Wildman–Crippen LogP) is 1.35. The van der Waals surface area contributed by atoms with Gasteiger partial charge in [-0.25, -0.2) is 0 Å². The summed E-state index contributed by atoms with van der Waals surface area (Å²) in [6.45, 7) is 4.71. The van der Waals surface area contributed by atoms with E-state index >= 15 is 0 Å². The van der Waals surface area contributed by atoms with E-state index in [4.69, 9.17) is 9.26 Å². The molecule has 3 rings (SSSR count). The van der Waals surface area contributed by atoms with Crippen molar-refractivity contribution >= 4 is 0 Å². The highest BCUT2D eigenvalue weighted by molar-refractivity contribution is 5.05. The predicted molar refractivity (Wildman–Crippen MR) is 67.2 cm³/mol. The van der Waals surface area contributed by atoms with Gasteiger partial charge in [0.15, 0.2) is 5.82 Å². The van der Waals surface area contributed by atoms with Crippen LogP contribution in [0, 0.1) is 6.92 Å². The van der Waals surface area contributed by atoms with Crippen LogP contribution in [0.1, 0.15) is 23.5 Å². The molecule has 0 spiro atoms. The zero-order valence-electron chi connectivity index (χ0n) is 10.8. The Labute approximate surface area is 111 Å². The van der Waals surface area contributed by atoms with Gasteiger partial charge in [0.05, 0.1) is 18.9 Å². The minimum Gasteiger partial charge on any atom is -0.378 e. The first-order valence-electron chi connectivity index (χ1n) is 6.35. The highest BCUT2D eigenvalue weighted by Crippen LogP contribution is 2.24. The van der Waals surface area contributed by atoms with E-state index in [9.17, 15) is 0 Å². The molecule has 1 aliphatic rings. The van der Waals surface area contributed by atoms with Crippen molar-refractivity contribution in [1.82, 2.24) is 20.0 Å². The molecule has 0 aromatic carbocycles. The molecule has 1 saturated heterocycles. The molecule has 3 heterocycles. The van der Waals surface area contributed by atoms with Gasteiger partial charge >= 0.3 is 0 Å². The van der Waals surface area contributed by atoms with E-state index in [2.05, 4.69) is 20.0 Å². The van der Waals surface area contributed by atoms with Crippen molar-refractivity contribution in [3.05, 3.63) is 41.8 Å². The maximum atomic E-state index is 5.52. The zero-order chi connectivity index (χ0) is 13.1. The summed E-state index contributed by atoms with van der Waals surface area (Å²) < 4.78 is 10.8. The van der Waals surface area contributed by atoms with Crippen molar-refractivity contribution in [3.8, 4) is 0 Å². The first-order chi connectivity index (χ1) is 9.33. The van der Waals surface area contributed by atoms with Crippen molar-refractivity contribution in [3.63, 3.8) is 0 Å². The monoisotopic (exact) mass is 260 g/mol. The fraction of sp³-hybridized carbons (Fsp3) is 0.462. The van der Waals surface area contributed by atoms with Gasteiger partial charge in [-0.15, -0.1) is 0 Å². The first kappa shape index (κ1) is 12.3. The summed E-state index contributed by atoms with van der Waals surface area (Å²) in [5.74, 6) is 1.27. The highest BCUT2D eigenvalue weighted by atomic mass is 16.5. The van der Waals surface area contributed by atoms with Gasteiger partial charge in [0.25, 0.3) is 0 Å². The molecule has 6 heteroatoms. The Balaban J connectivity index is 1.77. The number of ether oxygens (including phenoxy) is 1. The molecule has 0 amide bonds. The minimum absolute atomic E-state index is 0.0111. The summed E-state index contributed by atoms with van der Waals surface area (Å²) >= 11 is 0. The summed E-state index contributed by atoms with van der Waals surface area (Å²) in [7, 11) is 0. The SMILES string of the molecule is Cc1noc([C@@H]2COCCN2Cc2ccccn2)n1. The second-order valence-electron chi connectivity index (χ2n) is 4.56. The maximum Gasteiger partial charge on any atom is 0.246 e. The summed E-state index contributed by atoms with van der Waals surface area (Å²) in [6, 6.07) is 5.94. The van der Waals surface area contributed by atoms with Crippen LogP contribution in [-0.4, -0.2) is 39.8 Å². The van der Waals surface area contributed by atoms with E-state index in [1.807, 2.05) is 31.3 Å². The van der Waals surface area contributed by atoms with Crippen LogP contribution in [0.15, 0.2) is 28.9 Å². The molecule has 19 heavy (non-hydrogen) atoms. The lowest BCUT2D eigenvalue weighted by Gasteiger charge is -2.32. The number of aromatic nitrogens is 3. The third kappa shape index (κ3) is 2.80. The second kappa shape index (κ2) is 5.46. The first-order valence-corrected chi connectivity index (χ1v) is 6.35. The van der Waals surface area contributed by atoms with E-state index in [1.54, 1.807) is 0 Å². The maximum absolute atomic E-state index is 5.52.